The number of hydrogen-bond acceptors (Lipinski definition) is 7. The molecule has 7 nitrogen and oxygen atoms in total. The van der Waals surface area contributed by atoms with Gasteiger partial charge in [0.25, 0.3) is 0 Å². The number of ether oxygens (including phenoxy) is 3. The van der Waals surface area contributed by atoms with E-state index in [9.17, 15) is 14.9 Å². The lowest BCUT2D eigenvalue weighted by atomic mass is 9.77. The van der Waals surface area contributed by atoms with Crippen LogP contribution >= 0.6 is 0 Å². The van der Waals surface area contributed by atoms with Crippen LogP contribution in [0.1, 0.15) is 27.0 Å². The number of fused-ring (bicyclic) bond motifs is 1. The molecule has 3 rings (SSSR count). The van der Waals surface area contributed by atoms with E-state index < -0.39 is 11.4 Å². The van der Waals surface area contributed by atoms with Crippen molar-refractivity contribution in [3.63, 3.8) is 0 Å². The van der Waals surface area contributed by atoms with Crippen LogP contribution in [0, 0.1) is 16.7 Å². The van der Waals surface area contributed by atoms with Crippen LogP contribution in [-0.4, -0.2) is 37.6 Å². The van der Waals surface area contributed by atoms with Crippen molar-refractivity contribution in [2.24, 2.45) is 5.41 Å². The van der Waals surface area contributed by atoms with Gasteiger partial charge in [-0.15, -0.1) is 0 Å². The van der Waals surface area contributed by atoms with Crippen molar-refractivity contribution in [1.29, 1.82) is 5.26 Å². The number of methoxy groups -OCH3 is 2. The molecule has 1 aromatic carbocycles. The number of carbonyl (C=O) groups excluding carboxylic acids is 2. The van der Waals surface area contributed by atoms with Crippen molar-refractivity contribution in [2.75, 3.05) is 20.8 Å². The molecule has 0 saturated heterocycles. The molecule has 1 atom stereocenters. The summed E-state index contributed by atoms with van der Waals surface area (Å²) in [5.74, 6) is -0.159. The normalized spacial score (nSPS) is 17.2. The summed E-state index contributed by atoms with van der Waals surface area (Å²) in [5.41, 5.74) is 0.414. The maximum absolute atomic E-state index is 13.5. The molecule has 2 aromatic rings. The molecular formula is C22H20N2O5. The molecule has 0 spiro atoms. The Kier molecular flexibility index (Phi) is 5.64. The first-order valence-electron chi connectivity index (χ1n) is 8.91. The van der Waals surface area contributed by atoms with Crippen LogP contribution in [0.3, 0.4) is 0 Å². The maximum atomic E-state index is 13.5. The fourth-order valence-corrected chi connectivity index (χ4v) is 3.60. The smallest absolute Gasteiger partial charge is 0.321 e. The molecule has 0 fully saturated rings. The van der Waals surface area contributed by atoms with Crippen LogP contribution < -0.4 is 9.47 Å². The van der Waals surface area contributed by atoms with E-state index in [4.69, 9.17) is 14.2 Å². The lowest BCUT2D eigenvalue weighted by Crippen LogP contribution is -2.41. The number of carbonyl (C=O) groups is 2. The first kappa shape index (κ1) is 20.1. The molecule has 0 saturated carbocycles. The molecule has 1 unspecified atom stereocenters. The number of nitrogens with zero attached hydrogens (tertiary/aromatic N) is 2. The number of nitriles is 1. The van der Waals surface area contributed by atoms with Gasteiger partial charge in [0, 0.05) is 18.0 Å². The number of ketones is 1. The van der Waals surface area contributed by atoms with Crippen LogP contribution in [-0.2, 0) is 22.4 Å². The summed E-state index contributed by atoms with van der Waals surface area (Å²) in [6, 6.07) is 6.98. The van der Waals surface area contributed by atoms with Crippen molar-refractivity contribution < 1.29 is 23.8 Å². The maximum Gasteiger partial charge on any atom is 0.321 e. The quantitative estimate of drug-likeness (QED) is 0.406. The molecule has 0 amide bonds. The first-order chi connectivity index (χ1) is 14.0. The second-order valence-electron chi connectivity index (χ2n) is 6.66. The van der Waals surface area contributed by atoms with Gasteiger partial charge in [0.15, 0.2) is 17.3 Å². The van der Waals surface area contributed by atoms with Crippen molar-refractivity contribution in [3.05, 3.63) is 65.5 Å². The van der Waals surface area contributed by atoms with Gasteiger partial charge in [0.2, 0.25) is 0 Å². The zero-order valence-electron chi connectivity index (χ0n) is 16.2. The molecule has 1 aliphatic rings. The second-order valence-corrected chi connectivity index (χ2v) is 6.66. The van der Waals surface area contributed by atoms with Crippen LogP contribution in [0.5, 0.6) is 11.5 Å². The van der Waals surface area contributed by atoms with Crippen molar-refractivity contribution in [2.45, 2.75) is 12.8 Å². The van der Waals surface area contributed by atoms with Crippen LogP contribution in [0.15, 0.2) is 43.2 Å². The first-order valence-corrected chi connectivity index (χ1v) is 8.91. The Bertz CT molecular complexity index is 1020. The van der Waals surface area contributed by atoms with Gasteiger partial charge in [-0.05, 0) is 42.2 Å². The largest absolute Gasteiger partial charge is 0.493 e. The molecule has 7 heteroatoms. The molecule has 1 heterocycles. The number of Topliss-reactive ketones (excluding diaryl/α,β-unsaturated/α-hetero) is 1. The highest BCUT2D eigenvalue weighted by Crippen LogP contribution is 2.45. The van der Waals surface area contributed by atoms with E-state index in [1.54, 1.807) is 18.2 Å². The molecule has 0 radical (unpaired) electrons. The number of pyridine rings is 1. The lowest BCUT2D eigenvalue weighted by Gasteiger charge is -2.25. The average Bonchev–Trinajstić information content (AvgIpc) is 3.03. The summed E-state index contributed by atoms with van der Waals surface area (Å²) in [6.45, 7) is 3.54. The van der Waals surface area contributed by atoms with E-state index in [1.165, 1.54) is 32.7 Å². The zero-order valence-corrected chi connectivity index (χ0v) is 16.2. The van der Waals surface area contributed by atoms with E-state index >= 15 is 0 Å². The highest BCUT2D eigenvalue weighted by atomic mass is 16.5. The number of hydrogen-bond donors (Lipinski definition) is 0. The van der Waals surface area contributed by atoms with Gasteiger partial charge in [-0.25, -0.2) is 0 Å². The lowest BCUT2D eigenvalue weighted by molar-refractivity contribution is -0.151. The van der Waals surface area contributed by atoms with Gasteiger partial charge in [-0.2, -0.15) is 5.26 Å². The predicted molar refractivity (Wildman–Crippen MR) is 104 cm³/mol. The van der Waals surface area contributed by atoms with Crippen LogP contribution in [0.25, 0.3) is 0 Å². The highest BCUT2D eigenvalue weighted by Gasteiger charge is 2.53. The Morgan fingerprint density at radius 1 is 1.34 bits per heavy atom. The van der Waals surface area contributed by atoms with Crippen molar-refractivity contribution >= 4 is 11.8 Å². The predicted octanol–water partition coefficient (Wildman–Crippen LogP) is 2.67. The highest BCUT2D eigenvalue weighted by molar-refractivity contribution is 6.16. The Labute approximate surface area is 168 Å². The average molecular weight is 392 g/mol. The summed E-state index contributed by atoms with van der Waals surface area (Å²) < 4.78 is 15.9. The van der Waals surface area contributed by atoms with Gasteiger partial charge in [-0.1, -0.05) is 12.7 Å². The molecule has 1 aromatic heterocycles. The molecule has 148 valence electrons. The number of esters is 1. The topological polar surface area (TPSA) is 98.5 Å². The molecule has 0 N–H and O–H groups in total. The Hall–Kier alpha value is -3.66. The molecule has 0 aliphatic heterocycles. The van der Waals surface area contributed by atoms with Crippen LogP contribution in [0.2, 0.25) is 0 Å². The summed E-state index contributed by atoms with van der Waals surface area (Å²) in [6.07, 6.45) is 4.53. The molecular weight excluding hydrogens is 372 g/mol. The van der Waals surface area contributed by atoms with Gasteiger partial charge >= 0.3 is 5.97 Å². The third kappa shape index (κ3) is 3.45. The van der Waals surface area contributed by atoms with E-state index in [-0.39, 0.29) is 25.2 Å². The van der Waals surface area contributed by atoms with E-state index in [1.807, 2.05) is 0 Å². The Morgan fingerprint density at radius 2 is 2.07 bits per heavy atom. The van der Waals surface area contributed by atoms with Gasteiger partial charge in [-0.3, -0.25) is 14.6 Å². The standard InChI is InChI=1S/C22H20N2O5/c1-4-7-29-21(26)22(10-14-5-6-24-13-16(14)12-23)11-15-8-18(27-2)19(28-3)9-17(15)20(22)25/h4-6,8-9,13H,1,7,10-11H2,2-3H3. The number of rotatable bonds is 7. The Morgan fingerprint density at radius 3 is 2.72 bits per heavy atom. The fraction of sp³-hybridized carbons (Fsp3) is 0.273. The number of aromatic nitrogens is 1. The fourth-order valence-electron chi connectivity index (χ4n) is 3.60. The minimum Gasteiger partial charge on any atom is -0.493 e. The van der Waals surface area contributed by atoms with E-state index in [0.29, 0.717) is 33.8 Å². The summed E-state index contributed by atoms with van der Waals surface area (Å²) >= 11 is 0. The minimum absolute atomic E-state index is 0.0156. The third-order valence-electron chi connectivity index (χ3n) is 5.03. The van der Waals surface area contributed by atoms with Gasteiger partial charge < -0.3 is 14.2 Å². The molecule has 0 bridgehead atoms. The van der Waals surface area contributed by atoms with E-state index in [0.717, 1.165) is 0 Å². The molecule has 29 heavy (non-hydrogen) atoms. The van der Waals surface area contributed by atoms with E-state index in [2.05, 4.69) is 17.6 Å². The van der Waals surface area contributed by atoms with Crippen molar-refractivity contribution in [1.82, 2.24) is 4.98 Å². The number of benzene rings is 1. The summed E-state index contributed by atoms with van der Waals surface area (Å²) in [5, 5.41) is 9.39. The monoisotopic (exact) mass is 392 g/mol. The van der Waals surface area contributed by atoms with Gasteiger partial charge in [0.05, 0.1) is 19.8 Å². The van der Waals surface area contributed by atoms with Crippen LogP contribution in [0.4, 0.5) is 0 Å². The summed E-state index contributed by atoms with van der Waals surface area (Å²) in [4.78, 5) is 30.5. The second kappa shape index (κ2) is 8.15. The van der Waals surface area contributed by atoms with Crippen molar-refractivity contribution in [3.8, 4) is 17.6 Å². The SMILES string of the molecule is C=CCOC(=O)C1(Cc2ccncc2C#N)Cc2cc(OC)c(OC)cc2C1=O. The third-order valence-corrected chi connectivity index (χ3v) is 5.03. The molecule has 1 aliphatic carbocycles. The summed E-state index contributed by atoms with van der Waals surface area (Å²) in [7, 11) is 2.98. The minimum atomic E-state index is -1.49. The van der Waals surface area contributed by atoms with Gasteiger partial charge in [0.1, 0.15) is 18.1 Å². The zero-order chi connectivity index (χ0) is 21.0. The Balaban J connectivity index is 2.11.